The number of thioether (sulfide) groups is 1. The molecule has 0 saturated carbocycles. The molecule has 130 valence electrons. The van der Waals surface area contributed by atoms with Crippen LogP contribution in [-0.4, -0.2) is 22.4 Å². The summed E-state index contributed by atoms with van der Waals surface area (Å²) in [5.74, 6) is 0.423. The summed E-state index contributed by atoms with van der Waals surface area (Å²) in [5.41, 5.74) is 3.22. The van der Waals surface area contributed by atoms with Crippen molar-refractivity contribution in [3.63, 3.8) is 0 Å². The highest BCUT2D eigenvalue weighted by atomic mass is 32.2. The lowest BCUT2D eigenvalue weighted by Gasteiger charge is -2.02. The van der Waals surface area contributed by atoms with E-state index in [2.05, 4.69) is 34.6 Å². The number of carbonyl (C=O) groups is 1. The van der Waals surface area contributed by atoms with Gasteiger partial charge in [-0.15, -0.1) is 11.8 Å². The second kappa shape index (κ2) is 9.18. The van der Waals surface area contributed by atoms with Crippen LogP contribution >= 0.6 is 23.1 Å². The van der Waals surface area contributed by atoms with Crippen LogP contribution in [0.5, 0.6) is 0 Å². The third-order valence-electron chi connectivity index (χ3n) is 3.59. The Hall–Kier alpha value is -2.62. The van der Waals surface area contributed by atoms with Crippen molar-refractivity contribution >= 4 is 34.1 Å². The van der Waals surface area contributed by atoms with E-state index in [1.165, 1.54) is 28.7 Å². The van der Waals surface area contributed by atoms with Gasteiger partial charge in [-0.2, -0.15) is 5.26 Å². The number of amides is 1. The summed E-state index contributed by atoms with van der Waals surface area (Å²) in [5, 5.41) is 12.0. The molecule has 6 heteroatoms. The van der Waals surface area contributed by atoms with Crippen molar-refractivity contribution in [2.45, 2.75) is 6.42 Å². The lowest BCUT2D eigenvalue weighted by atomic mass is 10.1. The third-order valence-corrected chi connectivity index (χ3v) is 5.46. The van der Waals surface area contributed by atoms with Crippen molar-refractivity contribution < 1.29 is 4.79 Å². The van der Waals surface area contributed by atoms with Gasteiger partial charge in [0, 0.05) is 6.42 Å². The van der Waals surface area contributed by atoms with Gasteiger partial charge < -0.3 is 5.32 Å². The smallest absolute Gasteiger partial charge is 0.236 e. The minimum atomic E-state index is -0.134. The maximum atomic E-state index is 12.0. The fourth-order valence-corrected chi connectivity index (χ4v) is 3.93. The molecule has 4 nitrogen and oxygen atoms in total. The van der Waals surface area contributed by atoms with Crippen LogP contribution in [0.25, 0.3) is 10.4 Å². The molecular formula is C20H17N3OS2. The Morgan fingerprint density at radius 3 is 2.50 bits per heavy atom. The summed E-state index contributed by atoms with van der Waals surface area (Å²) >= 11 is 2.78. The van der Waals surface area contributed by atoms with Gasteiger partial charge in [0.1, 0.15) is 0 Å². The van der Waals surface area contributed by atoms with E-state index in [9.17, 15) is 4.79 Å². The molecule has 0 radical (unpaired) electrons. The number of aromatic nitrogens is 1. The van der Waals surface area contributed by atoms with Crippen LogP contribution in [0.4, 0.5) is 5.13 Å². The van der Waals surface area contributed by atoms with Gasteiger partial charge in [-0.05, 0) is 11.1 Å². The van der Waals surface area contributed by atoms with Crippen LogP contribution in [0.2, 0.25) is 0 Å². The quantitative estimate of drug-likeness (QED) is 0.610. The van der Waals surface area contributed by atoms with Crippen molar-refractivity contribution in [1.82, 2.24) is 4.98 Å². The van der Waals surface area contributed by atoms with Gasteiger partial charge in [-0.25, -0.2) is 4.98 Å². The summed E-state index contributed by atoms with van der Waals surface area (Å²) in [7, 11) is 0. The van der Waals surface area contributed by atoms with Crippen LogP contribution in [0.1, 0.15) is 11.3 Å². The number of carbonyl (C=O) groups excluding carboxylic acids is 1. The minimum Gasteiger partial charge on any atom is -0.301 e. The Morgan fingerprint density at radius 1 is 1.12 bits per heavy atom. The highest BCUT2D eigenvalue weighted by Crippen LogP contribution is 2.34. The fraction of sp³-hybridized carbons (Fsp3) is 0.150. The number of thiazole rings is 1. The van der Waals surface area contributed by atoms with E-state index in [0.29, 0.717) is 17.3 Å². The first kappa shape index (κ1) is 18.2. The zero-order chi connectivity index (χ0) is 18.2. The summed E-state index contributed by atoms with van der Waals surface area (Å²) in [6.45, 7) is 0. The van der Waals surface area contributed by atoms with Gasteiger partial charge in [-0.1, -0.05) is 72.0 Å². The number of nitrogens with zero attached hydrogens (tertiary/aromatic N) is 2. The second-order valence-corrected chi connectivity index (χ2v) is 7.51. The predicted octanol–water partition coefficient (Wildman–Crippen LogP) is 4.60. The Balaban J connectivity index is 1.83. The topological polar surface area (TPSA) is 65.8 Å². The number of nitrogens with one attached hydrogen (secondary N) is 1. The van der Waals surface area contributed by atoms with Crippen LogP contribution < -0.4 is 5.32 Å². The largest absolute Gasteiger partial charge is 0.301 e. The van der Waals surface area contributed by atoms with E-state index in [4.69, 9.17) is 5.26 Å². The van der Waals surface area contributed by atoms with E-state index >= 15 is 0 Å². The molecule has 0 bridgehead atoms. The van der Waals surface area contributed by atoms with E-state index in [1.807, 2.05) is 42.5 Å². The second-order valence-electron chi connectivity index (χ2n) is 5.52. The molecule has 1 heterocycles. The number of hydrogen-bond donors (Lipinski definition) is 1. The Morgan fingerprint density at radius 2 is 1.81 bits per heavy atom. The van der Waals surface area contributed by atoms with Gasteiger partial charge in [0.25, 0.3) is 0 Å². The first-order valence-corrected chi connectivity index (χ1v) is 10.1. The Labute approximate surface area is 160 Å². The molecule has 3 rings (SSSR count). The van der Waals surface area contributed by atoms with Crippen molar-refractivity contribution in [1.29, 1.82) is 5.26 Å². The molecule has 0 aliphatic carbocycles. The minimum absolute atomic E-state index is 0.134. The highest BCUT2D eigenvalue weighted by molar-refractivity contribution is 8.00. The molecule has 2 aromatic carbocycles. The van der Waals surface area contributed by atoms with Crippen molar-refractivity contribution in [3.8, 4) is 16.5 Å². The maximum Gasteiger partial charge on any atom is 0.236 e. The van der Waals surface area contributed by atoms with Gasteiger partial charge >= 0.3 is 0 Å². The van der Waals surface area contributed by atoms with E-state index < -0.39 is 0 Å². The van der Waals surface area contributed by atoms with Crippen LogP contribution in [-0.2, 0) is 11.2 Å². The Bertz CT molecular complexity index is 902. The molecule has 0 saturated heterocycles. The third kappa shape index (κ3) is 4.94. The van der Waals surface area contributed by atoms with Crippen LogP contribution in [0, 0.1) is 11.3 Å². The molecule has 1 amide bonds. The number of anilines is 1. The van der Waals surface area contributed by atoms with Gasteiger partial charge in [0.15, 0.2) is 5.13 Å². The SMILES string of the molecule is N#CCSCC(=O)Nc1nc(Cc2ccccc2)c(-c2ccccc2)s1. The molecule has 26 heavy (non-hydrogen) atoms. The van der Waals surface area contributed by atoms with E-state index in [-0.39, 0.29) is 11.7 Å². The first-order valence-electron chi connectivity index (χ1n) is 8.10. The average Bonchev–Trinajstić information content (AvgIpc) is 3.05. The van der Waals surface area contributed by atoms with Gasteiger partial charge in [-0.3, -0.25) is 4.79 Å². The van der Waals surface area contributed by atoms with Gasteiger partial charge in [0.2, 0.25) is 5.91 Å². The van der Waals surface area contributed by atoms with Gasteiger partial charge in [0.05, 0.1) is 28.1 Å². The number of hydrogen-bond acceptors (Lipinski definition) is 5. The molecule has 1 N–H and O–H groups in total. The van der Waals surface area contributed by atoms with Crippen LogP contribution in [0.3, 0.4) is 0 Å². The molecule has 0 fully saturated rings. The summed E-state index contributed by atoms with van der Waals surface area (Å²) < 4.78 is 0. The molecule has 0 aliphatic heterocycles. The lowest BCUT2D eigenvalue weighted by Crippen LogP contribution is -2.14. The van der Waals surface area contributed by atoms with Crippen LogP contribution in [0.15, 0.2) is 60.7 Å². The summed E-state index contributed by atoms with van der Waals surface area (Å²) in [6.07, 6.45) is 0.709. The lowest BCUT2D eigenvalue weighted by molar-refractivity contribution is -0.113. The predicted molar refractivity (Wildman–Crippen MR) is 108 cm³/mol. The maximum absolute atomic E-state index is 12.0. The monoisotopic (exact) mass is 379 g/mol. The zero-order valence-electron chi connectivity index (χ0n) is 14.0. The van der Waals surface area contributed by atoms with E-state index in [1.54, 1.807) is 0 Å². The summed E-state index contributed by atoms with van der Waals surface area (Å²) in [4.78, 5) is 17.8. The average molecular weight is 380 g/mol. The van der Waals surface area contributed by atoms with Crippen molar-refractivity contribution in [2.75, 3.05) is 16.8 Å². The molecule has 0 atom stereocenters. The van der Waals surface area contributed by atoms with Crippen molar-refractivity contribution in [2.24, 2.45) is 0 Å². The normalized spacial score (nSPS) is 10.3. The highest BCUT2D eigenvalue weighted by Gasteiger charge is 2.15. The van der Waals surface area contributed by atoms with Crippen molar-refractivity contribution in [3.05, 3.63) is 71.9 Å². The number of rotatable bonds is 7. The number of benzene rings is 2. The molecule has 0 spiro atoms. The molecular weight excluding hydrogens is 362 g/mol. The fourth-order valence-electron chi connectivity index (χ4n) is 2.47. The zero-order valence-corrected chi connectivity index (χ0v) is 15.6. The summed E-state index contributed by atoms with van der Waals surface area (Å²) in [6, 6.07) is 22.3. The molecule has 0 aliphatic rings. The van der Waals surface area contributed by atoms with E-state index in [0.717, 1.165) is 16.1 Å². The molecule has 1 aromatic heterocycles. The number of nitriles is 1. The first-order chi connectivity index (χ1) is 12.8. The molecule has 0 unspecified atom stereocenters. The Kier molecular flexibility index (Phi) is 6.42. The standard InChI is InChI=1S/C20H17N3OS2/c21-11-12-25-14-18(24)23-20-22-17(13-15-7-3-1-4-8-15)19(26-20)16-9-5-2-6-10-16/h1-10H,12-14H2,(H,22,23,24). The molecule has 3 aromatic rings.